The first kappa shape index (κ1) is 21.5. The second-order valence-electron chi connectivity index (χ2n) is 8.23. The smallest absolute Gasteiger partial charge is 0.256 e. The van der Waals surface area contributed by atoms with Crippen LogP contribution in [0.4, 0.5) is 0 Å². The summed E-state index contributed by atoms with van der Waals surface area (Å²) in [4.78, 5) is 35.3. The van der Waals surface area contributed by atoms with Crippen molar-refractivity contribution in [2.24, 2.45) is 5.92 Å². The molecule has 3 fully saturated rings. The first-order valence-corrected chi connectivity index (χ1v) is 11.9. The number of carbonyl (C=O) groups is 2. The van der Waals surface area contributed by atoms with Gasteiger partial charge in [0.15, 0.2) is 6.10 Å². The third-order valence-electron chi connectivity index (χ3n) is 5.62. The summed E-state index contributed by atoms with van der Waals surface area (Å²) in [5.41, 5.74) is 0. The van der Waals surface area contributed by atoms with Gasteiger partial charge in [-0.3, -0.25) is 14.4 Å². The lowest BCUT2D eigenvalue weighted by Crippen LogP contribution is -2.74. The first-order valence-electron chi connectivity index (χ1n) is 10.0. The summed E-state index contributed by atoms with van der Waals surface area (Å²) >= 11 is 0. The van der Waals surface area contributed by atoms with E-state index in [9.17, 15) is 18.0 Å². The van der Waals surface area contributed by atoms with Crippen LogP contribution in [-0.4, -0.2) is 84.9 Å². The lowest BCUT2D eigenvalue weighted by Gasteiger charge is -2.54. The van der Waals surface area contributed by atoms with Gasteiger partial charge in [-0.15, -0.1) is 0 Å². The van der Waals surface area contributed by atoms with E-state index in [1.54, 1.807) is 4.90 Å². The fourth-order valence-corrected chi connectivity index (χ4v) is 5.19. The minimum Gasteiger partial charge on any atom is -0.381 e. The molecule has 0 aromatic heterocycles. The van der Waals surface area contributed by atoms with Crippen molar-refractivity contribution in [1.82, 2.24) is 14.3 Å². The number of hydrogen-bond acceptors (Lipinski definition) is 6. The SMILES string of the molecule is CC[C@H]1C(=O)N(C2CCOCC2)CC2N1C(=O)[C@@H](CC(C)C)ON2S(C)(=O)=O. The number of nitrogens with zero attached hydrogens (tertiary/aromatic N) is 3. The molecule has 0 bridgehead atoms. The van der Waals surface area contributed by atoms with Gasteiger partial charge in [0.05, 0.1) is 12.8 Å². The molecule has 0 aliphatic carbocycles. The highest BCUT2D eigenvalue weighted by Gasteiger charge is 2.54. The molecule has 3 atom stereocenters. The molecule has 0 saturated carbocycles. The Labute approximate surface area is 166 Å². The van der Waals surface area contributed by atoms with Gasteiger partial charge in [0.1, 0.15) is 12.2 Å². The van der Waals surface area contributed by atoms with Gasteiger partial charge in [0.25, 0.3) is 5.91 Å². The van der Waals surface area contributed by atoms with Crippen molar-refractivity contribution < 1.29 is 27.6 Å². The molecule has 3 aliphatic rings. The number of amides is 2. The summed E-state index contributed by atoms with van der Waals surface area (Å²) in [7, 11) is -3.74. The number of carbonyl (C=O) groups excluding carboxylic acids is 2. The predicted octanol–water partition coefficient (Wildman–Crippen LogP) is 0.562. The van der Waals surface area contributed by atoms with Crippen molar-refractivity contribution in [2.75, 3.05) is 26.0 Å². The molecule has 0 radical (unpaired) electrons. The van der Waals surface area contributed by atoms with Gasteiger partial charge in [-0.05, 0) is 31.6 Å². The summed E-state index contributed by atoms with van der Waals surface area (Å²) in [6, 6.07) is -0.695. The van der Waals surface area contributed by atoms with Crippen LogP contribution >= 0.6 is 0 Å². The quantitative estimate of drug-likeness (QED) is 0.649. The Morgan fingerprint density at radius 1 is 1.14 bits per heavy atom. The van der Waals surface area contributed by atoms with Crippen molar-refractivity contribution >= 4 is 21.8 Å². The topological polar surface area (TPSA) is 96.5 Å². The van der Waals surface area contributed by atoms with Crippen LogP contribution in [0.25, 0.3) is 0 Å². The molecular weight excluding hydrogens is 386 g/mol. The van der Waals surface area contributed by atoms with Crippen LogP contribution in [0.3, 0.4) is 0 Å². The van der Waals surface area contributed by atoms with E-state index in [2.05, 4.69) is 0 Å². The minimum absolute atomic E-state index is 0.0117. The minimum atomic E-state index is -3.74. The van der Waals surface area contributed by atoms with Gasteiger partial charge in [0, 0.05) is 19.3 Å². The van der Waals surface area contributed by atoms with Crippen LogP contribution in [0, 0.1) is 5.92 Å². The molecule has 0 aromatic rings. The highest BCUT2D eigenvalue weighted by Crippen LogP contribution is 2.33. The molecule has 1 unspecified atom stereocenters. The maximum Gasteiger partial charge on any atom is 0.256 e. The van der Waals surface area contributed by atoms with E-state index in [4.69, 9.17) is 9.57 Å². The lowest BCUT2D eigenvalue weighted by atomic mass is 9.97. The zero-order valence-corrected chi connectivity index (χ0v) is 17.9. The highest BCUT2D eigenvalue weighted by molar-refractivity contribution is 7.88. The average Bonchev–Trinajstić information content (AvgIpc) is 2.63. The standard InChI is InChI=1S/C18H31N3O6S/c1-5-14-17(22)19(13-6-8-26-9-7-13)11-16-20(14)18(23)15(10-12(2)3)27-21(16)28(4,24)25/h12-16H,5-11H2,1-4H3/t14-,15+,16?/m0/s1. The summed E-state index contributed by atoms with van der Waals surface area (Å²) in [6.07, 6.45) is 1.56. The van der Waals surface area contributed by atoms with Crippen LogP contribution in [0.1, 0.15) is 46.5 Å². The molecule has 3 heterocycles. The highest BCUT2D eigenvalue weighted by atomic mass is 32.2. The second kappa shape index (κ2) is 8.25. The number of rotatable bonds is 5. The molecule has 3 aliphatic heterocycles. The molecule has 10 heteroatoms. The molecule has 0 aromatic carbocycles. The van der Waals surface area contributed by atoms with E-state index in [0.717, 1.165) is 10.7 Å². The van der Waals surface area contributed by atoms with Crippen LogP contribution in [0.2, 0.25) is 0 Å². The van der Waals surface area contributed by atoms with E-state index in [1.807, 2.05) is 20.8 Å². The monoisotopic (exact) mass is 417 g/mol. The third-order valence-corrected chi connectivity index (χ3v) is 6.60. The third kappa shape index (κ3) is 4.05. The fourth-order valence-electron chi connectivity index (χ4n) is 4.32. The second-order valence-corrected chi connectivity index (χ2v) is 10.1. The van der Waals surface area contributed by atoms with Crippen LogP contribution < -0.4 is 0 Å². The maximum atomic E-state index is 13.2. The Balaban J connectivity index is 1.96. The van der Waals surface area contributed by atoms with E-state index in [-0.39, 0.29) is 30.3 Å². The number of ether oxygens (including phenoxy) is 1. The molecule has 0 spiro atoms. The summed E-state index contributed by atoms with van der Waals surface area (Å²) in [6.45, 7) is 6.99. The molecule has 9 nitrogen and oxygen atoms in total. The number of fused-ring (bicyclic) bond motifs is 1. The van der Waals surface area contributed by atoms with Crippen LogP contribution in [0.5, 0.6) is 0 Å². The number of hydrogen-bond donors (Lipinski definition) is 0. The zero-order chi connectivity index (χ0) is 20.6. The van der Waals surface area contributed by atoms with Gasteiger partial charge in [-0.2, -0.15) is 0 Å². The Morgan fingerprint density at radius 3 is 2.32 bits per heavy atom. The molecule has 0 N–H and O–H groups in total. The number of sulfonamides is 1. The normalized spacial score (nSPS) is 30.8. The van der Waals surface area contributed by atoms with Crippen molar-refractivity contribution in [2.45, 2.75) is 70.8 Å². The Morgan fingerprint density at radius 2 is 1.79 bits per heavy atom. The fraction of sp³-hybridized carbons (Fsp3) is 0.889. The molecule has 3 rings (SSSR count). The average molecular weight is 418 g/mol. The molecule has 160 valence electrons. The van der Waals surface area contributed by atoms with Gasteiger partial charge in [-0.25, -0.2) is 8.42 Å². The van der Waals surface area contributed by atoms with Crippen molar-refractivity contribution in [3.8, 4) is 0 Å². The van der Waals surface area contributed by atoms with E-state index in [1.165, 1.54) is 4.90 Å². The lowest BCUT2D eigenvalue weighted by molar-refractivity contribution is -0.248. The number of piperazine rings is 1. The Kier molecular flexibility index (Phi) is 6.33. The molecule has 28 heavy (non-hydrogen) atoms. The largest absolute Gasteiger partial charge is 0.381 e. The molecular formula is C18H31N3O6S. The van der Waals surface area contributed by atoms with Crippen LogP contribution in [0.15, 0.2) is 0 Å². The van der Waals surface area contributed by atoms with Crippen molar-refractivity contribution in [1.29, 1.82) is 0 Å². The van der Waals surface area contributed by atoms with E-state index in [0.29, 0.717) is 38.9 Å². The molecule has 3 saturated heterocycles. The first-order chi connectivity index (χ1) is 13.1. The number of hydroxylamine groups is 1. The van der Waals surface area contributed by atoms with Gasteiger partial charge < -0.3 is 14.5 Å². The summed E-state index contributed by atoms with van der Waals surface area (Å²) < 4.78 is 31.3. The van der Waals surface area contributed by atoms with Crippen LogP contribution in [-0.2, 0) is 29.2 Å². The van der Waals surface area contributed by atoms with E-state index < -0.39 is 28.3 Å². The summed E-state index contributed by atoms with van der Waals surface area (Å²) in [5, 5.41) is 0. The summed E-state index contributed by atoms with van der Waals surface area (Å²) in [5.74, 6) is -0.269. The Hall–Kier alpha value is -1.23. The van der Waals surface area contributed by atoms with Gasteiger partial charge in [-0.1, -0.05) is 25.2 Å². The van der Waals surface area contributed by atoms with Gasteiger partial charge in [0.2, 0.25) is 15.9 Å². The van der Waals surface area contributed by atoms with Crippen molar-refractivity contribution in [3.05, 3.63) is 0 Å². The van der Waals surface area contributed by atoms with Crippen molar-refractivity contribution in [3.63, 3.8) is 0 Å². The van der Waals surface area contributed by atoms with Gasteiger partial charge >= 0.3 is 0 Å². The predicted molar refractivity (Wildman–Crippen MR) is 101 cm³/mol. The van der Waals surface area contributed by atoms with E-state index >= 15 is 0 Å². The maximum absolute atomic E-state index is 13.2. The zero-order valence-electron chi connectivity index (χ0n) is 17.0. The molecule has 2 amide bonds. The Bertz CT molecular complexity index is 706.